The lowest BCUT2D eigenvalue weighted by Gasteiger charge is -2.01. The summed E-state index contributed by atoms with van der Waals surface area (Å²) in [6, 6.07) is 11.9. The first kappa shape index (κ1) is 16.4. The standard InChI is InChI=1S/C18H19N3O2S/c1-12-10-15(21-23-12)11-16(22)19-9-8-17-20-18(13(2)24-17)14-6-4-3-5-7-14/h3-7,10H,8-9,11H2,1-2H3,(H,19,22). The summed E-state index contributed by atoms with van der Waals surface area (Å²) >= 11 is 1.68. The van der Waals surface area contributed by atoms with Crippen LogP contribution in [0.1, 0.15) is 21.3 Å². The van der Waals surface area contributed by atoms with E-state index in [9.17, 15) is 4.79 Å². The zero-order valence-electron chi connectivity index (χ0n) is 13.7. The van der Waals surface area contributed by atoms with Crippen molar-refractivity contribution < 1.29 is 9.32 Å². The van der Waals surface area contributed by atoms with Gasteiger partial charge in [-0.25, -0.2) is 4.98 Å². The molecule has 0 aliphatic heterocycles. The third-order valence-electron chi connectivity index (χ3n) is 3.57. The number of amides is 1. The van der Waals surface area contributed by atoms with E-state index >= 15 is 0 Å². The molecule has 0 bridgehead atoms. The van der Waals surface area contributed by atoms with E-state index in [0.717, 1.165) is 22.7 Å². The van der Waals surface area contributed by atoms with Gasteiger partial charge in [-0.15, -0.1) is 11.3 Å². The monoisotopic (exact) mass is 341 g/mol. The van der Waals surface area contributed by atoms with Crippen LogP contribution in [-0.2, 0) is 17.6 Å². The third kappa shape index (κ3) is 4.08. The number of hydrogen-bond acceptors (Lipinski definition) is 5. The number of carbonyl (C=O) groups excluding carboxylic acids is 1. The molecule has 1 amide bonds. The van der Waals surface area contributed by atoms with Crippen molar-refractivity contribution in [3.8, 4) is 11.3 Å². The number of thiazole rings is 1. The van der Waals surface area contributed by atoms with E-state index in [1.54, 1.807) is 17.4 Å². The second-order valence-corrected chi connectivity index (χ2v) is 6.87. The average molecular weight is 341 g/mol. The summed E-state index contributed by atoms with van der Waals surface area (Å²) in [7, 11) is 0. The Kier molecular flexibility index (Phi) is 5.05. The quantitative estimate of drug-likeness (QED) is 0.747. The second-order valence-electron chi connectivity index (χ2n) is 5.58. The number of benzene rings is 1. The fraction of sp³-hybridized carbons (Fsp3) is 0.278. The zero-order valence-corrected chi connectivity index (χ0v) is 14.5. The van der Waals surface area contributed by atoms with Gasteiger partial charge < -0.3 is 9.84 Å². The van der Waals surface area contributed by atoms with E-state index in [-0.39, 0.29) is 12.3 Å². The van der Waals surface area contributed by atoms with Crippen molar-refractivity contribution in [2.75, 3.05) is 6.54 Å². The molecule has 2 heterocycles. The highest BCUT2D eigenvalue weighted by Crippen LogP contribution is 2.27. The van der Waals surface area contributed by atoms with E-state index in [0.29, 0.717) is 18.0 Å². The van der Waals surface area contributed by atoms with Crippen molar-refractivity contribution in [1.29, 1.82) is 0 Å². The van der Waals surface area contributed by atoms with Crippen LogP contribution in [0, 0.1) is 13.8 Å². The maximum Gasteiger partial charge on any atom is 0.226 e. The molecule has 24 heavy (non-hydrogen) atoms. The Labute approximate surface area is 144 Å². The predicted octanol–water partition coefficient (Wildman–Crippen LogP) is 3.32. The molecule has 3 aromatic rings. The number of nitrogens with one attached hydrogen (secondary N) is 1. The number of aryl methyl sites for hydroxylation is 2. The van der Waals surface area contributed by atoms with Crippen LogP contribution in [0.2, 0.25) is 0 Å². The maximum atomic E-state index is 11.9. The van der Waals surface area contributed by atoms with E-state index < -0.39 is 0 Å². The second kappa shape index (κ2) is 7.40. The van der Waals surface area contributed by atoms with Crippen LogP contribution in [-0.4, -0.2) is 22.6 Å². The first-order valence-corrected chi connectivity index (χ1v) is 8.64. The molecule has 124 valence electrons. The normalized spacial score (nSPS) is 10.8. The Morgan fingerprint density at radius 1 is 1.25 bits per heavy atom. The Balaban J connectivity index is 1.53. The lowest BCUT2D eigenvalue weighted by Crippen LogP contribution is -2.27. The molecule has 1 N–H and O–H groups in total. The number of nitrogens with zero attached hydrogens (tertiary/aromatic N) is 2. The highest BCUT2D eigenvalue weighted by Gasteiger charge is 2.11. The summed E-state index contributed by atoms with van der Waals surface area (Å²) in [4.78, 5) is 17.8. The molecule has 3 rings (SSSR count). The minimum atomic E-state index is -0.0557. The van der Waals surface area contributed by atoms with Crippen LogP contribution < -0.4 is 5.32 Å². The fourth-order valence-corrected chi connectivity index (χ4v) is 3.41. The van der Waals surface area contributed by atoms with E-state index in [1.807, 2.05) is 25.1 Å². The average Bonchev–Trinajstić information content (AvgIpc) is 3.14. The highest BCUT2D eigenvalue weighted by atomic mass is 32.1. The van der Waals surface area contributed by atoms with Crippen molar-refractivity contribution in [3.63, 3.8) is 0 Å². The summed E-state index contributed by atoms with van der Waals surface area (Å²) < 4.78 is 4.96. The van der Waals surface area contributed by atoms with Crippen LogP contribution in [0.4, 0.5) is 0 Å². The molecule has 0 atom stereocenters. The topological polar surface area (TPSA) is 68.0 Å². The van der Waals surface area contributed by atoms with Crippen molar-refractivity contribution in [1.82, 2.24) is 15.5 Å². The molecule has 0 fully saturated rings. The number of aromatic nitrogens is 2. The molecule has 6 heteroatoms. The summed E-state index contributed by atoms with van der Waals surface area (Å²) in [5, 5.41) is 7.76. The molecule has 0 aliphatic rings. The van der Waals surface area contributed by atoms with Gasteiger partial charge >= 0.3 is 0 Å². The molecule has 5 nitrogen and oxygen atoms in total. The smallest absolute Gasteiger partial charge is 0.226 e. The van der Waals surface area contributed by atoms with Crippen molar-refractivity contribution in [2.24, 2.45) is 0 Å². The van der Waals surface area contributed by atoms with Gasteiger partial charge in [-0.05, 0) is 13.8 Å². The minimum absolute atomic E-state index is 0.0557. The van der Waals surface area contributed by atoms with E-state index in [4.69, 9.17) is 9.51 Å². The van der Waals surface area contributed by atoms with E-state index in [1.165, 1.54) is 4.88 Å². The van der Waals surface area contributed by atoms with Gasteiger partial charge in [0.2, 0.25) is 5.91 Å². The molecule has 0 radical (unpaired) electrons. The minimum Gasteiger partial charge on any atom is -0.361 e. The molecule has 1 aromatic carbocycles. The Hall–Kier alpha value is -2.47. The largest absolute Gasteiger partial charge is 0.361 e. The van der Waals surface area contributed by atoms with Gasteiger partial charge in [0.05, 0.1) is 22.8 Å². The molecular formula is C18H19N3O2S. The van der Waals surface area contributed by atoms with Crippen LogP contribution in [0.3, 0.4) is 0 Å². The van der Waals surface area contributed by atoms with Gasteiger partial charge in [0, 0.05) is 29.5 Å². The molecular weight excluding hydrogens is 322 g/mol. The molecule has 0 aliphatic carbocycles. The zero-order chi connectivity index (χ0) is 16.9. The highest BCUT2D eigenvalue weighted by molar-refractivity contribution is 7.12. The Morgan fingerprint density at radius 2 is 2.04 bits per heavy atom. The van der Waals surface area contributed by atoms with Crippen molar-refractivity contribution >= 4 is 17.2 Å². The molecule has 0 spiro atoms. The number of hydrogen-bond donors (Lipinski definition) is 1. The summed E-state index contributed by atoms with van der Waals surface area (Å²) in [6.07, 6.45) is 0.964. The number of rotatable bonds is 6. The molecule has 0 saturated carbocycles. The Morgan fingerprint density at radius 3 is 2.75 bits per heavy atom. The van der Waals surface area contributed by atoms with Gasteiger partial charge in [-0.1, -0.05) is 35.5 Å². The first-order chi connectivity index (χ1) is 11.6. The molecule has 2 aromatic heterocycles. The maximum absolute atomic E-state index is 11.9. The number of carbonyl (C=O) groups is 1. The van der Waals surface area contributed by atoms with Crippen LogP contribution in [0.5, 0.6) is 0 Å². The van der Waals surface area contributed by atoms with Crippen LogP contribution >= 0.6 is 11.3 Å². The summed E-state index contributed by atoms with van der Waals surface area (Å²) in [5.41, 5.74) is 2.81. The van der Waals surface area contributed by atoms with Gasteiger partial charge in [0.25, 0.3) is 0 Å². The molecule has 0 saturated heterocycles. The van der Waals surface area contributed by atoms with Gasteiger partial charge in [-0.2, -0.15) is 0 Å². The van der Waals surface area contributed by atoms with Crippen LogP contribution in [0.25, 0.3) is 11.3 Å². The lowest BCUT2D eigenvalue weighted by molar-refractivity contribution is -0.120. The van der Waals surface area contributed by atoms with Crippen LogP contribution in [0.15, 0.2) is 40.9 Å². The lowest BCUT2D eigenvalue weighted by atomic mass is 10.1. The SMILES string of the molecule is Cc1cc(CC(=O)NCCc2nc(-c3ccccc3)c(C)s2)no1. The van der Waals surface area contributed by atoms with Gasteiger partial charge in [0.15, 0.2) is 0 Å². The third-order valence-corrected chi connectivity index (χ3v) is 4.60. The van der Waals surface area contributed by atoms with E-state index in [2.05, 4.69) is 29.5 Å². The Bertz CT molecular complexity index is 824. The summed E-state index contributed by atoms with van der Waals surface area (Å²) in [6.45, 7) is 4.45. The van der Waals surface area contributed by atoms with Gasteiger partial charge in [0.1, 0.15) is 5.76 Å². The molecule has 0 unspecified atom stereocenters. The fourth-order valence-electron chi connectivity index (χ4n) is 2.46. The first-order valence-electron chi connectivity index (χ1n) is 7.82. The van der Waals surface area contributed by atoms with Gasteiger partial charge in [-0.3, -0.25) is 4.79 Å². The van der Waals surface area contributed by atoms with Crippen molar-refractivity contribution in [3.05, 3.63) is 57.7 Å². The van der Waals surface area contributed by atoms with Crippen molar-refractivity contribution in [2.45, 2.75) is 26.7 Å². The summed E-state index contributed by atoms with van der Waals surface area (Å²) in [5.74, 6) is 0.657. The predicted molar refractivity (Wildman–Crippen MR) is 93.9 cm³/mol.